The van der Waals surface area contributed by atoms with Crippen LogP contribution in [0.4, 0.5) is 0 Å². The van der Waals surface area contributed by atoms with Crippen LogP contribution in [0.15, 0.2) is 0 Å². The van der Waals surface area contributed by atoms with Gasteiger partial charge in [-0.25, -0.2) is 0 Å². The topological polar surface area (TPSA) is 23.5 Å². The standard InChI is InChI=1S/C17H33NO/c1-4-6-7-13(5-2)10-17(19)14-11-15-8-9-16(12-14)18(15)3/h13-17,19H,4-12H2,1-3H3. The van der Waals surface area contributed by atoms with Gasteiger partial charge in [-0.15, -0.1) is 0 Å². The number of rotatable bonds is 7. The molecule has 0 aromatic heterocycles. The van der Waals surface area contributed by atoms with Gasteiger partial charge in [0.25, 0.3) is 0 Å². The highest BCUT2D eigenvalue weighted by molar-refractivity contribution is 4.95. The van der Waals surface area contributed by atoms with Gasteiger partial charge in [-0.1, -0.05) is 39.5 Å². The van der Waals surface area contributed by atoms with Gasteiger partial charge in [0.05, 0.1) is 6.10 Å². The van der Waals surface area contributed by atoms with Crippen LogP contribution in [0.3, 0.4) is 0 Å². The fourth-order valence-electron chi connectivity index (χ4n) is 4.28. The molecule has 0 amide bonds. The molecule has 0 spiro atoms. The van der Waals surface area contributed by atoms with E-state index in [4.69, 9.17) is 0 Å². The largest absolute Gasteiger partial charge is 0.393 e. The normalized spacial score (nSPS) is 34.4. The minimum Gasteiger partial charge on any atom is -0.393 e. The zero-order valence-corrected chi connectivity index (χ0v) is 13.1. The number of unbranched alkanes of at least 4 members (excludes halogenated alkanes) is 1. The average Bonchev–Trinajstić information content (AvgIpc) is 2.65. The molecule has 0 aliphatic carbocycles. The summed E-state index contributed by atoms with van der Waals surface area (Å²) in [6, 6.07) is 1.52. The number of aliphatic hydroxyl groups is 1. The van der Waals surface area contributed by atoms with Crippen molar-refractivity contribution in [3.63, 3.8) is 0 Å². The Labute approximate surface area is 119 Å². The van der Waals surface area contributed by atoms with Crippen LogP contribution in [0.5, 0.6) is 0 Å². The smallest absolute Gasteiger partial charge is 0.0572 e. The summed E-state index contributed by atoms with van der Waals surface area (Å²) in [6.45, 7) is 4.54. The molecule has 19 heavy (non-hydrogen) atoms. The molecule has 1 N–H and O–H groups in total. The lowest BCUT2D eigenvalue weighted by atomic mass is 9.81. The van der Waals surface area contributed by atoms with Crippen LogP contribution in [0.2, 0.25) is 0 Å². The van der Waals surface area contributed by atoms with Crippen molar-refractivity contribution in [2.45, 2.75) is 89.8 Å². The summed E-state index contributed by atoms with van der Waals surface area (Å²) >= 11 is 0. The van der Waals surface area contributed by atoms with Crippen molar-refractivity contribution in [1.29, 1.82) is 0 Å². The van der Waals surface area contributed by atoms with Crippen LogP contribution in [-0.4, -0.2) is 35.2 Å². The van der Waals surface area contributed by atoms with Crippen LogP contribution >= 0.6 is 0 Å². The average molecular weight is 267 g/mol. The van der Waals surface area contributed by atoms with Gasteiger partial charge >= 0.3 is 0 Å². The lowest BCUT2D eigenvalue weighted by Crippen LogP contribution is -2.43. The molecular formula is C17H33NO. The van der Waals surface area contributed by atoms with Crippen molar-refractivity contribution in [2.75, 3.05) is 7.05 Å². The molecule has 4 atom stereocenters. The van der Waals surface area contributed by atoms with Gasteiger partial charge in [0.2, 0.25) is 0 Å². The highest BCUT2D eigenvalue weighted by Gasteiger charge is 2.40. The van der Waals surface area contributed by atoms with Gasteiger partial charge in [0, 0.05) is 12.1 Å². The van der Waals surface area contributed by atoms with Gasteiger partial charge in [0.15, 0.2) is 0 Å². The second-order valence-electron chi connectivity index (χ2n) is 7.00. The van der Waals surface area contributed by atoms with Crippen molar-refractivity contribution in [3.05, 3.63) is 0 Å². The van der Waals surface area contributed by atoms with Crippen molar-refractivity contribution in [2.24, 2.45) is 11.8 Å². The molecule has 2 heteroatoms. The van der Waals surface area contributed by atoms with Crippen LogP contribution in [0, 0.1) is 11.8 Å². The molecule has 0 aromatic rings. The molecule has 2 fully saturated rings. The lowest BCUT2D eigenvalue weighted by molar-refractivity contribution is 0.0212. The zero-order chi connectivity index (χ0) is 13.8. The number of piperidine rings is 1. The summed E-state index contributed by atoms with van der Waals surface area (Å²) in [5.41, 5.74) is 0. The molecule has 2 nitrogen and oxygen atoms in total. The number of aliphatic hydroxyl groups excluding tert-OH is 1. The predicted octanol–water partition coefficient (Wildman–Crippen LogP) is 3.83. The Balaban J connectivity index is 1.81. The monoisotopic (exact) mass is 267 g/mol. The second kappa shape index (κ2) is 7.08. The third kappa shape index (κ3) is 3.72. The molecule has 2 heterocycles. The molecule has 112 valence electrons. The van der Waals surface area contributed by atoms with Gasteiger partial charge in [-0.3, -0.25) is 0 Å². The number of nitrogens with zero attached hydrogens (tertiary/aromatic N) is 1. The number of fused-ring (bicyclic) bond motifs is 2. The highest BCUT2D eigenvalue weighted by Crippen LogP contribution is 2.40. The van der Waals surface area contributed by atoms with E-state index in [9.17, 15) is 5.11 Å². The first-order valence-corrected chi connectivity index (χ1v) is 8.55. The van der Waals surface area contributed by atoms with E-state index in [2.05, 4.69) is 25.8 Å². The fraction of sp³-hybridized carbons (Fsp3) is 1.00. The first-order chi connectivity index (χ1) is 9.15. The van der Waals surface area contributed by atoms with Gasteiger partial charge in [-0.05, 0) is 51.0 Å². The lowest BCUT2D eigenvalue weighted by Gasteiger charge is -2.39. The van der Waals surface area contributed by atoms with E-state index in [1.54, 1.807) is 0 Å². The Morgan fingerprint density at radius 1 is 1.16 bits per heavy atom. The minimum atomic E-state index is -0.0430. The van der Waals surface area contributed by atoms with Crippen LogP contribution in [-0.2, 0) is 0 Å². The SMILES string of the molecule is CCCCC(CC)CC(O)C1CC2CCC(C1)N2C. The number of hydrogen-bond acceptors (Lipinski definition) is 2. The molecule has 2 saturated heterocycles. The minimum absolute atomic E-state index is 0.0430. The molecule has 2 aliphatic heterocycles. The summed E-state index contributed by atoms with van der Waals surface area (Å²) in [5.74, 6) is 1.32. The zero-order valence-electron chi connectivity index (χ0n) is 13.1. The Morgan fingerprint density at radius 2 is 1.79 bits per heavy atom. The highest BCUT2D eigenvalue weighted by atomic mass is 16.3. The molecule has 0 saturated carbocycles. The Bertz CT molecular complexity index is 254. The first kappa shape index (κ1) is 15.3. The van der Waals surface area contributed by atoms with Gasteiger partial charge in [-0.2, -0.15) is 0 Å². The maximum Gasteiger partial charge on any atom is 0.0572 e. The maximum absolute atomic E-state index is 10.6. The third-order valence-corrected chi connectivity index (χ3v) is 5.80. The second-order valence-corrected chi connectivity index (χ2v) is 7.00. The third-order valence-electron chi connectivity index (χ3n) is 5.80. The van der Waals surface area contributed by atoms with Crippen LogP contribution < -0.4 is 0 Å². The fourth-order valence-corrected chi connectivity index (χ4v) is 4.28. The molecular weight excluding hydrogens is 234 g/mol. The predicted molar refractivity (Wildman–Crippen MR) is 81.2 cm³/mol. The van der Waals surface area contributed by atoms with Crippen molar-refractivity contribution < 1.29 is 5.11 Å². The van der Waals surface area contributed by atoms with E-state index < -0.39 is 0 Å². The summed E-state index contributed by atoms with van der Waals surface area (Å²) in [4.78, 5) is 2.57. The molecule has 2 bridgehead atoms. The van der Waals surface area contributed by atoms with Crippen LogP contribution in [0.1, 0.15) is 71.6 Å². The summed E-state index contributed by atoms with van der Waals surface area (Å²) in [5, 5.41) is 10.6. The van der Waals surface area contributed by atoms with E-state index >= 15 is 0 Å². The summed E-state index contributed by atoms with van der Waals surface area (Å²) < 4.78 is 0. The Hall–Kier alpha value is -0.0800. The van der Waals surface area contributed by atoms with Crippen LogP contribution in [0.25, 0.3) is 0 Å². The number of hydrogen-bond donors (Lipinski definition) is 1. The van der Waals surface area contributed by atoms with E-state index in [0.29, 0.717) is 5.92 Å². The quantitative estimate of drug-likeness (QED) is 0.758. The first-order valence-electron chi connectivity index (χ1n) is 8.55. The van der Waals surface area contributed by atoms with Gasteiger partial charge in [0.1, 0.15) is 0 Å². The molecule has 0 aromatic carbocycles. The summed E-state index contributed by atoms with van der Waals surface area (Å²) in [7, 11) is 2.28. The van der Waals surface area contributed by atoms with E-state index in [1.165, 1.54) is 51.4 Å². The molecule has 4 unspecified atom stereocenters. The van der Waals surface area contributed by atoms with E-state index in [1.807, 2.05) is 0 Å². The molecule has 2 aliphatic rings. The Kier molecular flexibility index (Phi) is 5.70. The molecule has 2 rings (SSSR count). The maximum atomic E-state index is 10.6. The van der Waals surface area contributed by atoms with Crippen molar-refractivity contribution in [3.8, 4) is 0 Å². The summed E-state index contributed by atoms with van der Waals surface area (Å²) in [6.07, 6.45) is 11.3. The molecule has 0 radical (unpaired) electrons. The van der Waals surface area contributed by atoms with E-state index in [0.717, 1.165) is 24.4 Å². The van der Waals surface area contributed by atoms with Gasteiger partial charge < -0.3 is 10.0 Å². The van der Waals surface area contributed by atoms with E-state index in [-0.39, 0.29) is 6.10 Å². The van der Waals surface area contributed by atoms with Crippen molar-refractivity contribution in [1.82, 2.24) is 4.90 Å². The Morgan fingerprint density at radius 3 is 2.32 bits per heavy atom. The van der Waals surface area contributed by atoms with Crippen molar-refractivity contribution >= 4 is 0 Å².